The first-order valence-electron chi connectivity index (χ1n) is 10.1. The number of carbonyl (C=O) groups excluding carboxylic acids is 1. The highest BCUT2D eigenvalue weighted by molar-refractivity contribution is 6.31. The standard InChI is InChI=1S/C22H20ClFN6O/c1-13-12-28(9-10-29(13)21(31)16-5-3-4-6-18(16)24)22-25-19-11-15(23)7-8-17(19)20-27-26-14(2)30(20)22/h3-8,11,13H,9-10,12H2,1-2H3. The number of amides is 1. The largest absolute Gasteiger partial charge is 0.338 e. The number of piperazine rings is 1. The van der Waals surface area contributed by atoms with E-state index in [4.69, 9.17) is 16.6 Å². The molecular weight excluding hydrogens is 419 g/mol. The van der Waals surface area contributed by atoms with Gasteiger partial charge in [0.2, 0.25) is 5.95 Å². The molecule has 1 atom stereocenters. The molecular formula is C22H20ClFN6O. The van der Waals surface area contributed by atoms with Crippen LogP contribution in [0, 0.1) is 12.7 Å². The van der Waals surface area contributed by atoms with Crippen LogP contribution in [0.3, 0.4) is 0 Å². The fraction of sp³-hybridized carbons (Fsp3) is 0.273. The summed E-state index contributed by atoms with van der Waals surface area (Å²) >= 11 is 6.19. The molecule has 1 aliphatic heterocycles. The molecule has 0 saturated carbocycles. The maximum absolute atomic E-state index is 14.1. The molecule has 0 bridgehead atoms. The van der Waals surface area contributed by atoms with Crippen LogP contribution >= 0.6 is 11.6 Å². The third-order valence-electron chi connectivity index (χ3n) is 5.72. The SMILES string of the molecule is Cc1nnc2c3ccc(Cl)cc3nc(N3CCN(C(=O)c4ccccc4F)C(C)C3)n12. The smallest absolute Gasteiger partial charge is 0.257 e. The molecule has 1 fully saturated rings. The van der Waals surface area contributed by atoms with Crippen LogP contribution in [-0.2, 0) is 0 Å². The number of hydrogen-bond acceptors (Lipinski definition) is 5. The van der Waals surface area contributed by atoms with Crippen molar-refractivity contribution in [2.45, 2.75) is 19.9 Å². The van der Waals surface area contributed by atoms with Crippen LogP contribution < -0.4 is 4.90 Å². The Morgan fingerprint density at radius 3 is 2.74 bits per heavy atom. The minimum Gasteiger partial charge on any atom is -0.338 e. The monoisotopic (exact) mass is 438 g/mol. The molecule has 1 unspecified atom stereocenters. The zero-order valence-corrected chi connectivity index (χ0v) is 17.8. The van der Waals surface area contributed by atoms with E-state index in [1.165, 1.54) is 12.1 Å². The molecule has 31 heavy (non-hydrogen) atoms. The molecule has 3 heterocycles. The van der Waals surface area contributed by atoms with Gasteiger partial charge >= 0.3 is 0 Å². The fourth-order valence-electron chi connectivity index (χ4n) is 4.16. The molecule has 1 amide bonds. The van der Waals surface area contributed by atoms with Crippen LogP contribution in [0.5, 0.6) is 0 Å². The van der Waals surface area contributed by atoms with Crippen molar-refractivity contribution in [1.82, 2.24) is 24.5 Å². The van der Waals surface area contributed by atoms with Crippen molar-refractivity contribution in [2.24, 2.45) is 0 Å². The predicted octanol–water partition coefficient (Wildman–Crippen LogP) is 3.73. The van der Waals surface area contributed by atoms with Gasteiger partial charge in [0.15, 0.2) is 5.65 Å². The number of halogens is 2. The van der Waals surface area contributed by atoms with Crippen LogP contribution in [0.25, 0.3) is 16.6 Å². The Labute approximate surface area is 183 Å². The van der Waals surface area contributed by atoms with Crippen LogP contribution in [0.15, 0.2) is 42.5 Å². The highest BCUT2D eigenvalue weighted by Gasteiger charge is 2.31. The summed E-state index contributed by atoms with van der Waals surface area (Å²) in [6.07, 6.45) is 0. The first-order valence-corrected chi connectivity index (χ1v) is 10.4. The van der Waals surface area contributed by atoms with E-state index in [1.807, 2.05) is 36.4 Å². The number of aryl methyl sites for hydroxylation is 1. The van der Waals surface area contributed by atoms with Gasteiger partial charge in [0.05, 0.1) is 11.1 Å². The number of rotatable bonds is 2. The Balaban J connectivity index is 1.50. The molecule has 0 N–H and O–H groups in total. The summed E-state index contributed by atoms with van der Waals surface area (Å²) in [7, 11) is 0. The quantitative estimate of drug-likeness (QED) is 0.477. The summed E-state index contributed by atoms with van der Waals surface area (Å²) in [6.45, 7) is 5.39. The van der Waals surface area contributed by atoms with E-state index in [9.17, 15) is 9.18 Å². The van der Waals surface area contributed by atoms with Gasteiger partial charge in [-0.25, -0.2) is 13.8 Å². The van der Waals surface area contributed by atoms with Gasteiger partial charge in [-0.15, -0.1) is 10.2 Å². The average Bonchev–Trinajstić information content (AvgIpc) is 3.14. The first-order chi connectivity index (χ1) is 14.9. The van der Waals surface area contributed by atoms with Gasteiger partial charge in [0, 0.05) is 36.1 Å². The van der Waals surface area contributed by atoms with Crippen molar-refractivity contribution in [3.8, 4) is 0 Å². The number of carbonyl (C=O) groups is 1. The van der Waals surface area contributed by atoms with Crippen molar-refractivity contribution in [2.75, 3.05) is 24.5 Å². The van der Waals surface area contributed by atoms with Crippen molar-refractivity contribution < 1.29 is 9.18 Å². The highest BCUT2D eigenvalue weighted by atomic mass is 35.5. The lowest BCUT2D eigenvalue weighted by molar-refractivity contribution is 0.0668. The summed E-state index contributed by atoms with van der Waals surface area (Å²) in [4.78, 5) is 21.6. The number of aromatic nitrogens is 4. The maximum Gasteiger partial charge on any atom is 0.257 e. The molecule has 1 aliphatic rings. The zero-order valence-electron chi connectivity index (χ0n) is 17.1. The molecule has 0 radical (unpaired) electrons. The summed E-state index contributed by atoms with van der Waals surface area (Å²) in [5.41, 5.74) is 1.55. The first kappa shape index (κ1) is 19.7. The second kappa shape index (κ2) is 7.46. The van der Waals surface area contributed by atoms with Gasteiger partial charge in [-0.3, -0.25) is 4.79 Å². The van der Waals surface area contributed by atoms with Gasteiger partial charge in [0.1, 0.15) is 11.6 Å². The highest BCUT2D eigenvalue weighted by Crippen LogP contribution is 2.28. The lowest BCUT2D eigenvalue weighted by Crippen LogP contribution is -2.54. The summed E-state index contributed by atoms with van der Waals surface area (Å²) in [6, 6.07) is 11.5. The Morgan fingerprint density at radius 1 is 1.16 bits per heavy atom. The summed E-state index contributed by atoms with van der Waals surface area (Å²) in [5.74, 6) is 0.634. The molecule has 9 heteroatoms. The summed E-state index contributed by atoms with van der Waals surface area (Å²) in [5, 5.41) is 10.1. The van der Waals surface area contributed by atoms with E-state index < -0.39 is 5.82 Å². The second-order valence-electron chi connectivity index (χ2n) is 7.75. The molecule has 158 valence electrons. The Bertz CT molecular complexity index is 1320. The lowest BCUT2D eigenvalue weighted by atomic mass is 10.1. The van der Waals surface area contributed by atoms with Gasteiger partial charge < -0.3 is 9.80 Å². The average molecular weight is 439 g/mol. The Morgan fingerprint density at radius 2 is 1.97 bits per heavy atom. The van der Waals surface area contributed by atoms with Crippen molar-refractivity contribution in [3.05, 3.63) is 64.7 Å². The van der Waals surface area contributed by atoms with E-state index >= 15 is 0 Å². The number of benzene rings is 2. The number of fused-ring (bicyclic) bond motifs is 3. The topological polar surface area (TPSA) is 66.6 Å². The molecule has 1 saturated heterocycles. The summed E-state index contributed by atoms with van der Waals surface area (Å²) < 4.78 is 16.1. The number of hydrogen-bond donors (Lipinski definition) is 0. The number of anilines is 1. The van der Waals surface area contributed by atoms with E-state index in [-0.39, 0.29) is 17.5 Å². The molecule has 5 rings (SSSR count). The van der Waals surface area contributed by atoms with Gasteiger partial charge in [-0.05, 0) is 44.2 Å². The van der Waals surface area contributed by atoms with Crippen molar-refractivity contribution >= 4 is 40.0 Å². The second-order valence-corrected chi connectivity index (χ2v) is 8.19. The molecule has 2 aromatic heterocycles. The molecule has 0 spiro atoms. The van der Waals surface area contributed by atoms with Gasteiger partial charge in [0.25, 0.3) is 5.91 Å². The third kappa shape index (κ3) is 3.27. The minimum atomic E-state index is -0.503. The third-order valence-corrected chi connectivity index (χ3v) is 5.96. The van der Waals surface area contributed by atoms with E-state index in [0.717, 1.165) is 16.7 Å². The van der Waals surface area contributed by atoms with Gasteiger partial charge in [-0.2, -0.15) is 0 Å². The Hall–Kier alpha value is -3.26. The minimum absolute atomic E-state index is 0.0957. The Kier molecular flexibility index (Phi) is 4.74. The normalized spacial score (nSPS) is 17.0. The van der Waals surface area contributed by atoms with E-state index in [0.29, 0.717) is 36.3 Å². The fourth-order valence-corrected chi connectivity index (χ4v) is 4.33. The van der Waals surface area contributed by atoms with Crippen LogP contribution in [0.4, 0.5) is 10.3 Å². The van der Waals surface area contributed by atoms with Crippen molar-refractivity contribution in [1.29, 1.82) is 0 Å². The molecule has 2 aromatic carbocycles. The van der Waals surface area contributed by atoms with E-state index in [1.54, 1.807) is 17.0 Å². The predicted molar refractivity (Wildman–Crippen MR) is 117 cm³/mol. The van der Waals surface area contributed by atoms with Crippen LogP contribution in [-0.4, -0.2) is 56.1 Å². The zero-order chi connectivity index (χ0) is 21.7. The van der Waals surface area contributed by atoms with Crippen molar-refractivity contribution in [3.63, 3.8) is 0 Å². The molecule has 7 nitrogen and oxygen atoms in total. The molecule has 0 aliphatic carbocycles. The van der Waals surface area contributed by atoms with Crippen LogP contribution in [0.2, 0.25) is 5.02 Å². The maximum atomic E-state index is 14.1. The van der Waals surface area contributed by atoms with Crippen LogP contribution in [0.1, 0.15) is 23.1 Å². The number of nitrogens with zero attached hydrogens (tertiary/aromatic N) is 6. The van der Waals surface area contributed by atoms with E-state index in [2.05, 4.69) is 15.1 Å². The lowest BCUT2D eigenvalue weighted by Gasteiger charge is -2.40. The van der Waals surface area contributed by atoms with Gasteiger partial charge in [-0.1, -0.05) is 23.7 Å². The molecule has 4 aromatic rings.